The van der Waals surface area contributed by atoms with Crippen molar-refractivity contribution < 1.29 is 28.4 Å². The van der Waals surface area contributed by atoms with E-state index in [0.717, 1.165) is 43.4 Å². The van der Waals surface area contributed by atoms with Crippen LogP contribution in [0.4, 0.5) is 5.69 Å². The third-order valence-electron chi connectivity index (χ3n) is 9.80. The number of halogens is 1. The van der Waals surface area contributed by atoms with Gasteiger partial charge in [-0.3, -0.25) is 14.3 Å². The third kappa shape index (κ3) is 7.97. The van der Waals surface area contributed by atoms with E-state index in [1.54, 1.807) is 31.3 Å². The van der Waals surface area contributed by atoms with Gasteiger partial charge >= 0.3 is 0 Å². The molecular formula is C36H43ClN5O6S-. The van der Waals surface area contributed by atoms with Crippen LogP contribution < -0.4 is 19.7 Å². The number of ether oxygens (including phenoxy) is 2. The van der Waals surface area contributed by atoms with Gasteiger partial charge in [-0.05, 0) is 103 Å². The van der Waals surface area contributed by atoms with Crippen LogP contribution in [0.5, 0.6) is 11.6 Å². The number of nitrogens with zero attached hydrogens (tertiary/aromatic N) is 4. The van der Waals surface area contributed by atoms with Crippen molar-refractivity contribution in [1.29, 1.82) is 0 Å². The van der Waals surface area contributed by atoms with Crippen molar-refractivity contribution in [3.8, 4) is 11.6 Å². The number of fused-ring (bicyclic) bond motifs is 3. The zero-order chi connectivity index (χ0) is 34.7. The van der Waals surface area contributed by atoms with Crippen molar-refractivity contribution in [3.05, 3.63) is 82.0 Å². The average molecular weight is 709 g/mol. The molecule has 6 rings (SSSR count). The Bertz CT molecular complexity index is 1820. The fourth-order valence-corrected chi connectivity index (χ4v) is 8.17. The molecule has 0 spiro atoms. The minimum Gasteiger partial charge on any atom is -0.491 e. The minimum atomic E-state index is -2.15. The molecule has 3 aromatic rings. The summed E-state index contributed by atoms with van der Waals surface area (Å²) in [6, 6.07) is 11.2. The molecule has 1 aliphatic carbocycles. The molecule has 2 aliphatic heterocycles. The van der Waals surface area contributed by atoms with Crippen LogP contribution in [-0.2, 0) is 34.8 Å². The fraction of sp³-hybridized carbons (Fsp3) is 0.472. The molecule has 3 heterocycles. The second kappa shape index (κ2) is 15.3. The van der Waals surface area contributed by atoms with E-state index in [1.165, 1.54) is 23.6 Å². The van der Waals surface area contributed by atoms with Gasteiger partial charge in [0, 0.05) is 36.9 Å². The van der Waals surface area contributed by atoms with E-state index in [-0.39, 0.29) is 28.8 Å². The first-order valence-electron chi connectivity index (χ1n) is 16.8. The Balaban J connectivity index is 1.41. The summed E-state index contributed by atoms with van der Waals surface area (Å²) in [4.78, 5) is 29.3. The summed E-state index contributed by atoms with van der Waals surface area (Å²) in [6.07, 6.45) is 9.41. The van der Waals surface area contributed by atoms with Crippen LogP contribution in [0.25, 0.3) is 0 Å². The lowest BCUT2D eigenvalue weighted by atomic mass is 9.70. The van der Waals surface area contributed by atoms with Gasteiger partial charge < -0.3 is 33.4 Å². The highest BCUT2D eigenvalue weighted by Gasteiger charge is 2.37. The molecule has 2 bridgehead atoms. The monoisotopic (exact) mass is 708 g/mol. The first-order valence-corrected chi connectivity index (χ1v) is 18.3. The van der Waals surface area contributed by atoms with E-state index in [4.69, 9.17) is 21.1 Å². The number of methoxy groups -OCH3 is 1. The Morgan fingerprint density at radius 1 is 1.16 bits per heavy atom. The van der Waals surface area contributed by atoms with Gasteiger partial charge in [-0.15, -0.1) is 5.10 Å². The lowest BCUT2D eigenvalue weighted by Gasteiger charge is -2.43. The van der Waals surface area contributed by atoms with Crippen molar-refractivity contribution in [2.24, 2.45) is 29.2 Å². The first-order chi connectivity index (χ1) is 23.6. The van der Waals surface area contributed by atoms with Gasteiger partial charge in [-0.25, -0.2) is 0 Å². The zero-order valence-corrected chi connectivity index (χ0v) is 29.6. The third-order valence-corrected chi connectivity index (χ3v) is 11.4. The molecule has 1 aromatic heterocycles. The quantitative estimate of drug-likeness (QED) is 0.256. The molecule has 1 unspecified atom stereocenters. The maximum absolute atomic E-state index is 13.8. The number of amides is 2. The van der Waals surface area contributed by atoms with Gasteiger partial charge in [0.2, 0.25) is 5.88 Å². The molecule has 0 saturated heterocycles. The number of aryl methyl sites for hydroxylation is 2. The highest BCUT2D eigenvalue weighted by atomic mass is 35.5. The maximum atomic E-state index is 13.8. The SMILES string of the molecule is COc1nn(C)cc1C(=O)NC1[C@@H](C)C/C=C/[C@H](O)[C@@H]2CC[C@H]2CN2Cc3ccc(Cl)cc3CCCCOc3ccc(cc32)C(=O)N=[S-]1=O. The number of rotatable bonds is 3. The molecule has 262 valence electrons. The molecule has 49 heavy (non-hydrogen) atoms. The first kappa shape index (κ1) is 35.0. The number of hydrogen-bond acceptors (Lipinski definition) is 9. The van der Waals surface area contributed by atoms with E-state index in [0.29, 0.717) is 36.9 Å². The van der Waals surface area contributed by atoms with Gasteiger partial charge in [-0.2, -0.15) is 10.6 Å². The molecule has 2 aromatic carbocycles. The zero-order valence-electron chi connectivity index (χ0n) is 28.0. The van der Waals surface area contributed by atoms with Crippen molar-refractivity contribution >= 4 is 39.7 Å². The van der Waals surface area contributed by atoms with Crippen molar-refractivity contribution in [2.45, 2.75) is 63.5 Å². The number of hydrogen-bond donors (Lipinski definition) is 2. The summed E-state index contributed by atoms with van der Waals surface area (Å²) in [5.41, 5.74) is 3.49. The van der Waals surface area contributed by atoms with Crippen molar-refractivity contribution in [2.75, 3.05) is 25.2 Å². The van der Waals surface area contributed by atoms with Gasteiger partial charge in [0.1, 0.15) is 11.3 Å². The Morgan fingerprint density at radius 2 is 2.00 bits per heavy atom. The molecule has 2 N–H and O–H groups in total. The van der Waals surface area contributed by atoms with Crippen molar-refractivity contribution in [1.82, 2.24) is 15.1 Å². The van der Waals surface area contributed by atoms with E-state index < -0.39 is 39.8 Å². The largest absolute Gasteiger partial charge is 0.491 e. The molecule has 5 atom stereocenters. The number of carbonyl (C=O) groups is 2. The van der Waals surface area contributed by atoms with E-state index in [2.05, 4.69) is 25.7 Å². The number of anilines is 1. The number of benzene rings is 2. The number of nitrogens with one attached hydrogen (secondary N) is 1. The van der Waals surface area contributed by atoms with Gasteiger partial charge in [0.15, 0.2) is 0 Å². The highest BCUT2D eigenvalue weighted by molar-refractivity contribution is 7.75. The molecule has 2 amide bonds. The van der Waals surface area contributed by atoms with Crippen LogP contribution in [0, 0.1) is 17.8 Å². The van der Waals surface area contributed by atoms with E-state index >= 15 is 0 Å². The van der Waals surface area contributed by atoms with Gasteiger partial charge in [0.05, 0.1) is 25.5 Å². The van der Waals surface area contributed by atoms with Crippen LogP contribution in [0.15, 0.2) is 59.1 Å². The Hall–Kier alpha value is -3.87. The summed E-state index contributed by atoms with van der Waals surface area (Å²) in [6.45, 7) is 3.54. The molecule has 3 aliphatic rings. The Labute approximate surface area is 293 Å². The maximum Gasteiger partial charge on any atom is 0.257 e. The highest BCUT2D eigenvalue weighted by Crippen LogP contribution is 2.41. The van der Waals surface area contributed by atoms with Gasteiger partial charge in [-0.1, -0.05) is 36.7 Å². The lowest BCUT2D eigenvalue weighted by Crippen LogP contribution is -2.43. The summed E-state index contributed by atoms with van der Waals surface area (Å²) in [5.74, 6) is -0.581. The number of allylic oxidation sites excluding steroid dienone is 1. The second-order valence-electron chi connectivity index (χ2n) is 13.2. The summed E-state index contributed by atoms with van der Waals surface area (Å²) in [5, 5.41) is 18.0. The lowest BCUT2D eigenvalue weighted by molar-refractivity contribution is 0.0459. The van der Waals surface area contributed by atoms with Crippen LogP contribution in [0.1, 0.15) is 70.9 Å². The number of aliphatic hydroxyl groups is 1. The number of aromatic nitrogens is 2. The number of aliphatic hydroxyl groups excluding tert-OH is 1. The van der Waals surface area contributed by atoms with Gasteiger partial charge in [0.25, 0.3) is 11.8 Å². The van der Waals surface area contributed by atoms with Crippen LogP contribution in [0.2, 0.25) is 5.02 Å². The normalized spacial score (nSPS) is 25.7. The molecular weight excluding hydrogens is 666 g/mol. The molecule has 1 saturated carbocycles. The topological polar surface area (TPSA) is 135 Å². The molecule has 1 fully saturated rings. The Morgan fingerprint density at radius 3 is 2.78 bits per heavy atom. The predicted molar refractivity (Wildman–Crippen MR) is 188 cm³/mol. The smallest absolute Gasteiger partial charge is 0.257 e. The summed E-state index contributed by atoms with van der Waals surface area (Å²) < 4.78 is 31.0. The molecule has 0 radical (unpaired) electrons. The van der Waals surface area contributed by atoms with E-state index in [9.17, 15) is 18.9 Å². The predicted octanol–water partition coefficient (Wildman–Crippen LogP) is 5.83. The van der Waals surface area contributed by atoms with Crippen molar-refractivity contribution in [3.63, 3.8) is 0 Å². The Kier molecular flexibility index (Phi) is 11.0. The summed E-state index contributed by atoms with van der Waals surface area (Å²) >= 11 is 6.42. The minimum absolute atomic E-state index is 0.0502. The molecule has 13 heteroatoms. The fourth-order valence-electron chi connectivity index (χ4n) is 6.87. The average Bonchev–Trinajstić information content (AvgIpc) is 3.44. The summed E-state index contributed by atoms with van der Waals surface area (Å²) in [7, 11) is 0.924. The number of carbonyl (C=O) groups excluding carboxylic acids is 2. The molecule has 11 nitrogen and oxygen atoms in total. The standard InChI is InChI=1S/C36H43ClN5O6S/c1-22-7-6-9-31(43)28-14-11-26(28)20-42-19-25-10-13-27(37)17-23(25)8-4-5-16-48-32-15-12-24(18-30(32)42)33(44)40-49(46)36(22)38-34(45)29-21-41(2)39-35(29)47-3/h6,9-10,12-13,15,17-18,21-22,26,28,31,36,43H,4-5,7-8,11,14,16,19-20H2,1-3H3,(H,38,45)/q-1/b9-6+/t22-,26-,28+,31-,36?/m0/s1. The van der Waals surface area contributed by atoms with Crippen LogP contribution >= 0.6 is 11.6 Å². The van der Waals surface area contributed by atoms with Crippen LogP contribution in [-0.4, -0.2) is 58.4 Å². The second-order valence-corrected chi connectivity index (χ2v) is 14.9. The van der Waals surface area contributed by atoms with Crippen LogP contribution in [0.3, 0.4) is 0 Å². The van der Waals surface area contributed by atoms with E-state index in [1.807, 2.05) is 25.1 Å².